The Morgan fingerprint density at radius 2 is 1.92 bits per heavy atom. The summed E-state index contributed by atoms with van der Waals surface area (Å²) >= 11 is 3.54. The number of piperidine rings is 1. The van der Waals surface area contributed by atoms with Gasteiger partial charge in [0.1, 0.15) is 12.1 Å². The molecule has 0 saturated carbocycles. The minimum Gasteiger partial charge on any atom is -0.371 e. The van der Waals surface area contributed by atoms with E-state index in [-0.39, 0.29) is 11.7 Å². The van der Waals surface area contributed by atoms with Gasteiger partial charge in [0.05, 0.1) is 5.52 Å². The predicted molar refractivity (Wildman–Crippen MR) is 105 cm³/mol. The van der Waals surface area contributed by atoms with E-state index in [2.05, 4.69) is 31.9 Å². The van der Waals surface area contributed by atoms with Crippen LogP contribution in [0.2, 0.25) is 0 Å². The van der Waals surface area contributed by atoms with Crippen molar-refractivity contribution in [2.45, 2.75) is 18.8 Å². The monoisotopic (exact) mass is 412 g/mol. The second-order valence-corrected chi connectivity index (χ2v) is 7.56. The van der Waals surface area contributed by atoms with Crippen molar-refractivity contribution in [3.05, 3.63) is 70.1 Å². The Hall–Kier alpha value is -2.27. The number of fused-ring (bicyclic) bond motifs is 1. The molecule has 5 heteroatoms. The molecule has 0 aliphatic carbocycles. The molecule has 1 fully saturated rings. The Bertz CT molecular complexity index is 967. The molecule has 0 spiro atoms. The van der Waals surface area contributed by atoms with Crippen molar-refractivity contribution in [1.29, 1.82) is 0 Å². The largest absolute Gasteiger partial charge is 0.371 e. The van der Waals surface area contributed by atoms with Gasteiger partial charge >= 0.3 is 0 Å². The van der Waals surface area contributed by atoms with E-state index < -0.39 is 0 Å². The normalized spacial score (nSPS) is 15.4. The minimum absolute atomic E-state index is 0.210. The zero-order chi connectivity index (χ0) is 18.1. The van der Waals surface area contributed by atoms with Crippen molar-refractivity contribution in [3.8, 4) is 0 Å². The maximum atomic E-state index is 13.7. The summed E-state index contributed by atoms with van der Waals surface area (Å²) in [4.78, 5) is 18.1. The first-order valence-corrected chi connectivity index (χ1v) is 9.49. The molecule has 3 nitrogen and oxygen atoms in total. The number of rotatable bonds is 3. The van der Waals surface area contributed by atoms with Gasteiger partial charge in [-0.15, -0.1) is 0 Å². The summed E-state index contributed by atoms with van der Waals surface area (Å²) in [5.74, 6) is -0.0694. The molecule has 2 aromatic carbocycles. The molecule has 3 aromatic rings. The molecule has 132 valence electrons. The number of hydrogen-bond donors (Lipinski definition) is 0. The maximum absolute atomic E-state index is 13.7. The van der Waals surface area contributed by atoms with E-state index >= 15 is 0 Å². The van der Waals surface area contributed by atoms with Crippen LogP contribution in [0.5, 0.6) is 0 Å². The number of benzene rings is 2. The van der Waals surface area contributed by atoms with Crippen LogP contribution in [0.25, 0.3) is 10.9 Å². The third-order valence-electron chi connectivity index (χ3n) is 5.13. The topological polar surface area (TPSA) is 33.2 Å². The lowest BCUT2D eigenvalue weighted by molar-refractivity contribution is 0.112. The Kier molecular flexibility index (Phi) is 4.72. The molecule has 0 amide bonds. The fraction of sp³-hybridized carbons (Fsp3) is 0.238. The van der Waals surface area contributed by atoms with Crippen molar-refractivity contribution < 1.29 is 9.18 Å². The standard InChI is InChI=1S/C21H18BrFN2O/c22-16-2-4-20-19(11-16)21(5-8-24-20)25-9-6-14(7-10-25)18-12-17(23)3-1-15(18)13-26/h1-5,8,11-14H,6-7,9-10H2. The van der Waals surface area contributed by atoms with Crippen LogP contribution in [0, 0.1) is 5.82 Å². The first-order chi connectivity index (χ1) is 12.7. The number of aromatic nitrogens is 1. The molecule has 2 heterocycles. The lowest BCUT2D eigenvalue weighted by atomic mass is 9.86. The first kappa shape index (κ1) is 17.2. The van der Waals surface area contributed by atoms with Crippen LogP contribution in [-0.4, -0.2) is 24.4 Å². The average Bonchev–Trinajstić information content (AvgIpc) is 2.67. The molecule has 4 rings (SSSR count). The fourth-order valence-corrected chi connectivity index (χ4v) is 4.18. The van der Waals surface area contributed by atoms with Gasteiger partial charge in [0, 0.05) is 40.4 Å². The Morgan fingerprint density at radius 1 is 1.12 bits per heavy atom. The average molecular weight is 413 g/mol. The maximum Gasteiger partial charge on any atom is 0.150 e. The summed E-state index contributed by atoms with van der Waals surface area (Å²) in [6.45, 7) is 1.73. The van der Waals surface area contributed by atoms with Crippen LogP contribution in [0.1, 0.15) is 34.7 Å². The van der Waals surface area contributed by atoms with Gasteiger partial charge < -0.3 is 4.90 Å². The van der Waals surface area contributed by atoms with Gasteiger partial charge in [-0.05, 0) is 66.8 Å². The lowest BCUT2D eigenvalue weighted by Gasteiger charge is -2.34. The van der Waals surface area contributed by atoms with E-state index in [1.54, 1.807) is 6.07 Å². The molecule has 0 radical (unpaired) electrons. The fourth-order valence-electron chi connectivity index (χ4n) is 3.82. The van der Waals surface area contributed by atoms with Crippen molar-refractivity contribution >= 4 is 38.8 Å². The number of carbonyl (C=O) groups excluding carboxylic acids is 1. The molecule has 1 aliphatic rings. The molecule has 0 unspecified atom stereocenters. The summed E-state index contributed by atoms with van der Waals surface area (Å²) in [7, 11) is 0. The molecule has 0 atom stereocenters. The van der Waals surface area contributed by atoms with Gasteiger partial charge in [0.15, 0.2) is 0 Å². The van der Waals surface area contributed by atoms with Crippen molar-refractivity contribution in [2.24, 2.45) is 0 Å². The van der Waals surface area contributed by atoms with Gasteiger partial charge in [-0.3, -0.25) is 9.78 Å². The molecular weight excluding hydrogens is 395 g/mol. The van der Waals surface area contributed by atoms with Crippen LogP contribution in [0.4, 0.5) is 10.1 Å². The molecule has 1 aromatic heterocycles. The first-order valence-electron chi connectivity index (χ1n) is 8.69. The molecule has 1 aliphatic heterocycles. The minimum atomic E-state index is -0.280. The highest BCUT2D eigenvalue weighted by atomic mass is 79.9. The molecule has 0 N–H and O–H groups in total. The number of anilines is 1. The summed E-state index contributed by atoms with van der Waals surface area (Å²) in [5, 5.41) is 1.12. The zero-order valence-corrected chi connectivity index (χ0v) is 15.7. The smallest absolute Gasteiger partial charge is 0.150 e. The number of nitrogens with zero attached hydrogens (tertiary/aromatic N) is 2. The summed E-state index contributed by atoms with van der Waals surface area (Å²) < 4.78 is 14.7. The van der Waals surface area contributed by atoms with Crippen LogP contribution >= 0.6 is 15.9 Å². The van der Waals surface area contributed by atoms with E-state index in [0.29, 0.717) is 5.56 Å². The summed E-state index contributed by atoms with van der Waals surface area (Å²) in [5.41, 5.74) is 3.58. The van der Waals surface area contributed by atoms with Crippen LogP contribution in [0.15, 0.2) is 53.1 Å². The SMILES string of the molecule is O=Cc1ccc(F)cc1C1CCN(c2ccnc3ccc(Br)cc23)CC1. The number of hydrogen-bond acceptors (Lipinski definition) is 3. The van der Waals surface area contributed by atoms with Crippen LogP contribution in [0.3, 0.4) is 0 Å². The van der Waals surface area contributed by atoms with E-state index in [0.717, 1.165) is 53.2 Å². The highest BCUT2D eigenvalue weighted by Gasteiger charge is 2.24. The number of aldehydes is 1. The highest BCUT2D eigenvalue weighted by molar-refractivity contribution is 9.10. The predicted octanol–water partition coefficient (Wildman–Crippen LogP) is 5.33. The van der Waals surface area contributed by atoms with Crippen molar-refractivity contribution in [2.75, 3.05) is 18.0 Å². The lowest BCUT2D eigenvalue weighted by Crippen LogP contribution is -2.33. The third kappa shape index (κ3) is 3.23. The molecule has 0 bridgehead atoms. The molecule has 1 saturated heterocycles. The zero-order valence-electron chi connectivity index (χ0n) is 14.2. The number of pyridine rings is 1. The van der Waals surface area contributed by atoms with Gasteiger partial charge in [-0.1, -0.05) is 15.9 Å². The Morgan fingerprint density at radius 3 is 2.69 bits per heavy atom. The van der Waals surface area contributed by atoms with E-state index in [9.17, 15) is 9.18 Å². The van der Waals surface area contributed by atoms with E-state index in [1.807, 2.05) is 24.4 Å². The van der Waals surface area contributed by atoms with Gasteiger partial charge in [-0.25, -0.2) is 4.39 Å². The van der Waals surface area contributed by atoms with E-state index in [1.165, 1.54) is 17.8 Å². The Balaban J connectivity index is 1.59. The van der Waals surface area contributed by atoms with Crippen LogP contribution in [-0.2, 0) is 0 Å². The van der Waals surface area contributed by atoms with Gasteiger partial charge in [0.2, 0.25) is 0 Å². The molecular formula is C21H18BrFN2O. The van der Waals surface area contributed by atoms with Crippen molar-refractivity contribution in [3.63, 3.8) is 0 Å². The second kappa shape index (κ2) is 7.16. The van der Waals surface area contributed by atoms with E-state index in [4.69, 9.17) is 0 Å². The summed E-state index contributed by atoms with van der Waals surface area (Å²) in [6, 6.07) is 12.6. The van der Waals surface area contributed by atoms with Crippen LogP contribution < -0.4 is 4.90 Å². The number of carbonyl (C=O) groups is 1. The molecule has 26 heavy (non-hydrogen) atoms. The highest BCUT2D eigenvalue weighted by Crippen LogP contribution is 2.35. The van der Waals surface area contributed by atoms with Gasteiger partial charge in [-0.2, -0.15) is 0 Å². The van der Waals surface area contributed by atoms with Crippen molar-refractivity contribution in [1.82, 2.24) is 4.98 Å². The quantitative estimate of drug-likeness (QED) is 0.544. The second-order valence-electron chi connectivity index (χ2n) is 6.64. The number of halogens is 2. The summed E-state index contributed by atoms with van der Waals surface area (Å²) in [6.07, 6.45) is 4.45. The van der Waals surface area contributed by atoms with Gasteiger partial charge in [0.25, 0.3) is 0 Å². The third-order valence-corrected chi connectivity index (χ3v) is 5.63. The Labute approximate surface area is 160 Å².